The monoisotopic (exact) mass is 209 g/mol. The first kappa shape index (κ1) is 11.8. The Balaban J connectivity index is 2.11. The highest BCUT2D eigenvalue weighted by Crippen LogP contribution is 2.10. The van der Waals surface area contributed by atoms with Gasteiger partial charge in [0, 0.05) is 13.1 Å². The first-order valence-corrected chi connectivity index (χ1v) is 5.09. The molecular formula is C8H17BF3N2-. The molecule has 0 aromatic carbocycles. The number of rotatable bonds is 5. The van der Waals surface area contributed by atoms with Crippen LogP contribution in [-0.4, -0.2) is 56.4 Å². The number of hydrogen-bond donors (Lipinski definition) is 0. The molecule has 0 amide bonds. The first-order valence-electron chi connectivity index (χ1n) is 5.09. The molecule has 1 rings (SSSR count). The van der Waals surface area contributed by atoms with Crippen molar-refractivity contribution in [1.82, 2.24) is 9.80 Å². The van der Waals surface area contributed by atoms with Crippen LogP contribution in [0.5, 0.6) is 0 Å². The van der Waals surface area contributed by atoms with Gasteiger partial charge in [-0.1, -0.05) is 0 Å². The third kappa shape index (κ3) is 4.86. The number of halogens is 3. The predicted octanol–water partition coefficient (Wildman–Crippen LogP) is 1.40. The van der Waals surface area contributed by atoms with E-state index in [1.165, 1.54) is 24.8 Å². The van der Waals surface area contributed by atoms with Crippen molar-refractivity contribution in [3.05, 3.63) is 0 Å². The van der Waals surface area contributed by atoms with Gasteiger partial charge in [-0.2, -0.15) is 0 Å². The second kappa shape index (κ2) is 5.02. The molecule has 0 aliphatic carbocycles. The molecule has 2 nitrogen and oxygen atoms in total. The van der Waals surface area contributed by atoms with Gasteiger partial charge in [-0.15, -0.1) is 0 Å². The Morgan fingerprint density at radius 1 is 1.21 bits per heavy atom. The molecule has 0 atom stereocenters. The van der Waals surface area contributed by atoms with Gasteiger partial charge < -0.3 is 22.7 Å². The summed E-state index contributed by atoms with van der Waals surface area (Å²) in [5.41, 5.74) is 0. The number of likely N-dealkylation sites (N-methyl/N-ethyl adjacent to an activating group) is 1. The van der Waals surface area contributed by atoms with E-state index in [2.05, 4.69) is 4.90 Å². The van der Waals surface area contributed by atoms with E-state index in [1.54, 1.807) is 0 Å². The third-order valence-electron chi connectivity index (χ3n) is 2.52. The zero-order chi connectivity index (χ0) is 10.6. The van der Waals surface area contributed by atoms with Crippen molar-refractivity contribution in [3.63, 3.8) is 0 Å². The maximum atomic E-state index is 12.0. The fraction of sp³-hybridized carbons (Fsp3) is 1.00. The van der Waals surface area contributed by atoms with Crippen molar-refractivity contribution in [2.75, 3.05) is 39.7 Å². The molecule has 0 aromatic rings. The van der Waals surface area contributed by atoms with Crippen LogP contribution in [0.2, 0.25) is 0 Å². The van der Waals surface area contributed by atoms with Crippen LogP contribution >= 0.6 is 0 Å². The molecule has 84 valence electrons. The van der Waals surface area contributed by atoms with E-state index in [-0.39, 0.29) is 0 Å². The van der Waals surface area contributed by atoms with Crippen molar-refractivity contribution < 1.29 is 12.9 Å². The summed E-state index contributed by atoms with van der Waals surface area (Å²) in [7, 11) is 1.53. The highest BCUT2D eigenvalue weighted by atomic mass is 19.4. The highest BCUT2D eigenvalue weighted by molar-refractivity contribution is 6.58. The Kier molecular flexibility index (Phi) is 4.25. The summed E-state index contributed by atoms with van der Waals surface area (Å²) in [6.07, 6.45) is 1.63. The van der Waals surface area contributed by atoms with Gasteiger partial charge >= 0.3 is 6.98 Å². The fourth-order valence-corrected chi connectivity index (χ4v) is 1.76. The molecule has 14 heavy (non-hydrogen) atoms. The Labute approximate surface area is 83.1 Å². The summed E-state index contributed by atoms with van der Waals surface area (Å²) in [6, 6.07) is 0. The van der Waals surface area contributed by atoms with Crippen LogP contribution in [-0.2, 0) is 0 Å². The van der Waals surface area contributed by atoms with Crippen LogP contribution in [0.1, 0.15) is 12.8 Å². The van der Waals surface area contributed by atoms with Crippen LogP contribution in [0.4, 0.5) is 12.9 Å². The normalized spacial score (nSPS) is 19.5. The van der Waals surface area contributed by atoms with E-state index in [0.29, 0.717) is 6.54 Å². The quantitative estimate of drug-likeness (QED) is 0.631. The molecule has 1 saturated heterocycles. The molecule has 1 fully saturated rings. The van der Waals surface area contributed by atoms with Crippen LogP contribution in [0.3, 0.4) is 0 Å². The van der Waals surface area contributed by atoms with Gasteiger partial charge in [0.25, 0.3) is 0 Å². The van der Waals surface area contributed by atoms with E-state index < -0.39 is 13.4 Å². The average Bonchev–Trinajstić information content (AvgIpc) is 2.49. The molecule has 1 aliphatic rings. The maximum Gasteiger partial charge on any atom is 0.492 e. The van der Waals surface area contributed by atoms with Crippen LogP contribution in [0, 0.1) is 0 Å². The third-order valence-corrected chi connectivity index (χ3v) is 2.52. The smallest absolute Gasteiger partial charge is 0.448 e. The average molecular weight is 209 g/mol. The standard InChI is InChI=1S/C8H17BF3N2/c1-13(8-9(10,11)12)6-7-14-4-2-3-5-14/h2-8H2,1H3/q-1. The lowest BCUT2D eigenvalue weighted by Crippen LogP contribution is -2.39. The molecule has 0 saturated carbocycles. The van der Waals surface area contributed by atoms with Gasteiger partial charge in [0.15, 0.2) is 0 Å². The van der Waals surface area contributed by atoms with Gasteiger partial charge in [0.05, 0.1) is 0 Å². The van der Waals surface area contributed by atoms with E-state index in [1.807, 2.05) is 0 Å². The molecule has 1 aliphatic heterocycles. The van der Waals surface area contributed by atoms with Crippen molar-refractivity contribution in [2.45, 2.75) is 12.8 Å². The number of hydrogen-bond acceptors (Lipinski definition) is 2. The molecule has 0 aromatic heterocycles. The Bertz CT molecular complexity index is 168. The lowest BCUT2D eigenvalue weighted by atomic mass is 9.91. The second-order valence-electron chi connectivity index (χ2n) is 4.02. The van der Waals surface area contributed by atoms with Crippen molar-refractivity contribution in [3.8, 4) is 0 Å². The largest absolute Gasteiger partial charge is 0.492 e. The predicted molar refractivity (Wildman–Crippen MR) is 52.2 cm³/mol. The summed E-state index contributed by atoms with van der Waals surface area (Å²) in [6.45, 7) is -1.29. The number of likely N-dealkylation sites (tertiary alicyclic amines) is 1. The van der Waals surface area contributed by atoms with Crippen molar-refractivity contribution in [2.24, 2.45) is 0 Å². The maximum absolute atomic E-state index is 12.0. The number of nitrogens with zero attached hydrogens (tertiary/aromatic N) is 2. The van der Waals surface area contributed by atoms with E-state index >= 15 is 0 Å². The molecular weight excluding hydrogens is 192 g/mol. The minimum absolute atomic E-state index is 0.515. The van der Waals surface area contributed by atoms with E-state index in [4.69, 9.17) is 0 Å². The van der Waals surface area contributed by atoms with Gasteiger partial charge in [-0.3, -0.25) is 0 Å². The van der Waals surface area contributed by atoms with E-state index in [0.717, 1.165) is 19.6 Å². The summed E-state index contributed by atoms with van der Waals surface area (Å²) in [5.74, 6) is 0. The summed E-state index contributed by atoms with van der Waals surface area (Å²) >= 11 is 0. The zero-order valence-corrected chi connectivity index (χ0v) is 8.56. The minimum Gasteiger partial charge on any atom is -0.448 e. The summed E-state index contributed by atoms with van der Waals surface area (Å²) in [4.78, 5) is 3.58. The Morgan fingerprint density at radius 3 is 2.29 bits per heavy atom. The van der Waals surface area contributed by atoms with Gasteiger partial charge in [0.1, 0.15) is 0 Å². The molecule has 6 heteroatoms. The lowest BCUT2D eigenvalue weighted by Gasteiger charge is -2.25. The van der Waals surface area contributed by atoms with Gasteiger partial charge in [0.2, 0.25) is 0 Å². The van der Waals surface area contributed by atoms with Gasteiger partial charge in [-0.25, -0.2) is 0 Å². The van der Waals surface area contributed by atoms with Crippen LogP contribution < -0.4 is 0 Å². The Hall–Kier alpha value is -0.225. The first-order chi connectivity index (χ1) is 6.47. The molecule has 0 N–H and O–H groups in total. The Morgan fingerprint density at radius 2 is 1.79 bits per heavy atom. The molecule has 1 heterocycles. The van der Waals surface area contributed by atoms with Crippen molar-refractivity contribution in [1.29, 1.82) is 0 Å². The van der Waals surface area contributed by atoms with E-state index in [9.17, 15) is 12.9 Å². The second-order valence-corrected chi connectivity index (χ2v) is 4.02. The topological polar surface area (TPSA) is 6.48 Å². The van der Waals surface area contributed by atoms with Crippen LogP contribution in [0.25, 0.3) is 0 Å². The minimum atomic E-state index is -4.66. The van der Waals surface area contributed by atoms with Crippen molar-refractivity contribution >= 4 is 6.98 Å². The summed E-state index contributed by atoms with van der Waals surface area (Å²) in [5, 5.41) is 0. The molecule has 0 spiro atoms. The molecule has 0 bridgehead atoms. The SMILES string of the molecule is CN(CCN1CCCC1)C[B-](F)(F)F. The lowest BCUT2D eigenvalue weighted by molar-refractivity contribution is 0.260. The van der Waals surface area contributed by atoms with Gasteiger partial charge in [-0.05, 0) is 39.4 Å². The summed E-state index contributed by atoms with van der Waals surface area (Å²) < 4.78 is 36.0. The highest BCUT2D eigenvalue weighted by Gasteiger charge is 2.24. The van der Waals surface area contributed by atoms with Crippen LogP contribution in [0.15, 0.2) is 0 Å². The molecule has 0 unspecified atom stereocenters. The molecule has 0 radical (unpaired) electrons. The fourth-order valence-electron chi connectivity index (χ4n) is 1.76. The zero-order valence-electron chi connectivity index (χ0n) is 8.56.